The lowest BCUT2D eigenvalue weighted by atomic mass is 10.0. The lowest BCUT2D eigenvalue weighted by Crippen LogP contribution is -2.37. The number of hydrogen-bond acceptors (Lipinski definition) is 5. The molecule has 0 spiro atoms. The van der Waals surface area contributed by atoms with Crippen LogP contribution >= 0.6 is 0 Å². The van der Waals surface area contributed by atoms with Crippen LogP contribution in [-0.4, -0.2) is 38.7 Å². The van der Waals surface area contributed by atoms with Crippen molar-refractivity contribution >= 4 is 28.8 Å². The smallest absolute Gasteiger partial charge is 0.219 e. The molecular weight excluding hydrogens is 414 g/mol. The molecule has 0 saturated carbocycles. The molecule has 1 amide bonds. The van der Waals surface area contributed by atoms with Crippen LogP contribution in [0.3, 0.4) is 0 Å². The van der Waals surface area contributed by atoms with Crippen LogP contribution in [0.2, 0.25) is 0 Å². The zero-order valence-corrected chi connectivity index (χ0v) is 18.5. The molecule has 4 aromatic rings. The highest BCUT2D eigenvalue weighted by molar-refractivity contribution is 6.00. The summed E-state index contributed by atoms with van der Waals surface area (Å²) in [7, 11) is 0. The van der Waals surface area contributed by atoms with Crippen molar-refractivity contribution < 1.29 is 9.21 Å². The van der Waals surface area contributed by atoms with Crippen LogP contribution < -0.4 is 5.73 Å². The van der Waals surface area contributed by atoms with Crippen molar-refractivity contribution in [2.75, 3.05) is 18.8 Å². The predicted octanol–water partition coefficient (Wildman–Crippen LogP) is 4.69. The molecule has 7 heteroatoms. The number of carbonyl (C=O) groups excluding carboxylic acids is 1. The van der Waals surface area contributed by atoms with E-state index in [4.69, 9.17) is 10.2 Å². The van der Waals surface area contributed by atoms with Gasteiger partial charge >= 0.3 is 0 Å². The van der Waals surface area contributed by atoms with Gasteiger partial charge in [0.25, 0.3) is 0 Å². The number of furan rings is 1. The average Bonchev–Trinajstić information content (AvgIpc) is 3.58. The number of anilines is 1. The van der Waals surface area contributed by atoms with Gasteiger partial charge in [-0.1, -0.05) is 30.4 Å². The SMILES string of the molecule is CC(=O)N1CCC(n2cc(-c3cnc(N)c4oc(-c5cccc6c5C=CC6)cc34)cn2)CC1. The fourth-order valence-electron chi connectivity index (χ4n) is 5.03. The van der Waals surface area contributed by atoms with Gasteiger partial charge in [0.1, 0.15) is 5.76 Å². The fraction of sp³-hybridized carbons (Fsp3) is 0.269. The van der Waals surface area contributed by atoms with Crippen LogP contribution in [0.5, 0.6) is 0 Å². The number of rotatable bonds is 3. The maximum absolute atomic E-state index is 11.6. The summed E-state index contributed by atoms with van der Waals surface area (Å²) in [5.41, 5.74) is 12.3. The number of allylic oxidation sites excluding steroid dienone is 1. The molecule has 33 heavy (non-hydrogen) atoms. The number of nitrogens with zero attached hydrogens (tertiary/aromatic N) is 4. The Morgan fingerprint density at radius 2 is 2.03 bits per heavy atom. The molecule has 0 radical (unpaired) electrons. The summed E-state index contributed by atoms with van der Waals surface area (Å²) in [6.45, 7) is 3.17. The van der Waals surface area contributed by atoms with E-state index in [2.05, 4.69) is 52.7 Å². The summed E-state index contributed by atoms with van der Waals surface area (Å²) in [5, 5.41) is 5.58. The Kier molecular flexibility index (Phi) is 4.57. The highest BCUT2D eigenvalue weighted by Gasteiger charge is 2.24. The predicted molar refractivity (Wildman–Crippen MR) is 128 cm³/mol. The van der Waals surface area contributed by atoms with Gasteiger partial charge in [0.2, 0.25) is 5.91 Å². The molecule has 7 nitrogen and oxygen atoms in total. The average molecular weight is 440 g/mol. The summed E-state index contributed by atoms with van der Waals surface area (Å²) in [5.74, 6) is 1.31. The third kappa shape index (κ3) is 3.31. The van der Waals surface area contributed by atoms with Gasteiger partial charge in [0.15, 0.2) is 11.4 Å². The second kappa shape index (κ2) is 7.62. The van der Waals surface area contributed by atoms with E-state index in [1.165, 1.54) is 11.1 Å². The Labute approximate surface area is 191 Å². The number of fused-ring (bicyclic) bond motifs is 2. The normalized spacial score (nSPS) is 16.0. The van der Waals surface area contributed by atoms with Gasteiger partial charge < -0.3 is 15.1 Å². The minimum absolute atomic E-state index is 0.139. The second-order valence-electron chi connectivity index (χ2n) is 8.84. The van der Waals surface area contributed by atoms with E-state index in [1.54, 1.807) is 13.1 Å². The number of pyridine rings is 1. The van der Waals surface area contributed by atoms with Crippen molar-refractivity contribution in [3.05, 3.63) is 60.1 Å². The third-order valence-corrected chi connectivity index (χ3v) is 6.87. The molecule has 0 atom stereocenters. The molecule has 0 bridgehead atoms. The minimum Gasteiger partial charge on any atom is -0.452 e. The molecule has 3 aromatic heterocycles. The Hall–Kier alpha value is -3.87. The number of likely N-dealkylation sites (tertiary alicyclic amines) is 1. The minimum atomic E-state index is 0.139. The van der Waals surface area contributed by atoms with E-state index in [0.717, 1.165) is 60.2 Å². The molecule has 1 aromatic carbocycles. The standard InChI is InChI=1S/C26H25N5O2/c1-16(32)30-10-8-19(9-11-30)31-15-18(13-29-31)23-14-28-26(27)25-22(23)12-24(33-25)21-7-3-5-17-4-2-6-20(17)21/h2-3,5-7,12-15,19H,4,8-11H2,1H3,(H2,27,28). The Morgan fingerprint density at radius 1 is 1.18 bits per heavy atom. The zero-order valence-electron chi connectivity index (χ0n) is 18.5. The molecule has 2 aliphatic rings. The lowest BCUT2D eigenvalue weighted by molar-refractivity contribution is -0.130. The Balaban J connectivity index is 1.36. The van der Waals surface area contributed by atoms with Crippen LogP contribution in [0.1, 0.15) is 36.9 Å². The Morgan fingerprint density at radius 3 is 2.85 bits per heavy atom. The maximum Gasteiger partial charge on any atom is 0.219 e. The van der Waals surface area contributed by atoms with Crippen LogP contribution in [0.15, 0.2) is 53.3 Å². The van der Waals surface area contributed by atoms with Gasteiger partial charge in [-0.3, -0.25) is 9.48 Å². The quantitative estimate of drug-likeness (QED) is 0.500. The number of hydrogen-bond donors (Lipinski definition) is 1. The number of piperidine rings is 1. The lowest BCUT2D eigenvalue weighted by Gasteiger charge is -2.31. The van der Waals surface area contributed by atoms with E-state index < -0.39 is 0 Å². The molecule has 2 N–H and O–H groups in total. The van der Waals surface area contributed by atoms with Crippen LogP contribution in [-0.2, 0) is 11.2 Å². The summed E-state index contributed by atoms with van der Waals surface area (Å²) in [4.78, 5) is 17.9. The van der Waals surface area contributed by atoms with E-state index >= 15 is 0 Å². The molecule has 4 heterocycles. The largest absolute Gasteiger partial charge is 0.452 e. The van der Waals surface area contributed by atoms with Gasteiger partial charge in [0, 0.05) is 54.5 Å². The van der Waals surface area contributed by atoms with Crippen molar-refractivity contribution in [1.29, 1.82) is 0 Å². The fourth-order valence-corrected chi connectivity index (χ4v) is 5.03. The van der Waals surface area contributed by atoms with Crippen LogP contribution in [0, 0.1) is 0 Å². The van der Waals surface area contributed by atoms with E-state index in [9.17, 15) is 4.79 Å². The number of benzene rings is 1. The zero-order chi connectivity index (χ0) is 22.5. The first-order valence-corrected chi connectivity index (χ1v) is 11.4. The highest BCUT2D eigenvalue weighted by Crippen LogP contribution is 2.39. The van der Waals surface area contributed by atoms with Gasteiger partial charge in [-0.15, -0.1) is 0 Å². The number of nitrogens with two attached hydrogens (primary N) is 1. The maximum atomic E-state index is 11.6. The molecule has 6 rings (SSSR count). The molecular formula is C26H25N5O2. The summed E-state index contributed by atoms with van der Waals surface area (Å²) in [6, 6.07) is 8.65. The molecule has 1 saturated heterocycles. The van der Waals surface area contributed by atoms with E-state index in [-0.39, 0.29) is 11.9 Å². The van der Waals surface area contributed by atoms with Crippen LogP contribution in [0.25, 0.3) is 39.5 Å². The van der Waals surface area contributed by atoms with E-state index in [0.29, 0.717) is 11.4 Å². The highest BCUT2D eigenvalue weighted by atomic mass is 16.3. The number of nitrogen functional groups attached to an aromatic ring is 1. The number of aromatic nitrogens is 3. The second-order valence-corrected chi connectivity index (χ2v) is 8.84. The molecule has 1 aliphatic carbocycles. The van der Waals surface area contributed by atoms with Gasteiger partial charge in [-0.2, -0.15) is 5.10 Å². The van der Waals surface area contributed by atoms with Crippen molar-refractivity contribution in [2.24, 2.45) is 0 Å². The molecule has 0 unspecified atom stereocenters. The third-order valence-electron chi connectivity index (χ3n) is 6.87. The number of carbonyl (C=O) groups is 1. The topological polar surface area (TPSA) is 90.2 Å². The Bertz CT molecular complexity index is 1410. The van der Waals surface area contributed by atoms with Gasteiger partial charge in [-0.05, 0) is 36.5 Å². The number of amides is 1. The first-order valence-electron chi connectivity index (χ1n) is 11.4. The van der Waals surface area contributed by atoms with Crippen molar-refractivity contribution in [1.82, 2.24) is 19.7 Å². The van der Waals surface area contributed by atoms with E-state index in [1.807, 2.05) is 15.8 Å². The molecule has 166 valence electrons. The molecule has 1 fully saturated rings. The van der Waals surface area contributed by atoms with Crippen LogP contribution in [0.4, 0.5) is 5.82 Å². The summed E-state index contributed by atoms with van der Waals surface area (Å²) in [6.07, 6.45) is 12.8. The van der Waals surface area contributed by atoms with Crippen molar-refractivity contribution in [3.63, 3.8) is 0 Å². The van der Waals surface area contributed by atoms with Crippen molar-refractivity contribution in [2.45, 2.75) is 32.2 Å². The summed E-state index contributed by atoms with van der Waals surface area (Å²) < 4.78 is 8.26. The van der Waals surface area contributed by atoms with Crippen molar-refractivity contribution in [3.8, 4) is 22.5 Å². The summed E-state index contributed by atoms with van der Waals surface area (Å²) >= 11 is 0. The van der Waals surface area contributed by atoms with Gasteiger partial charge in [-0.25, -0.2) is 4.98 Å². The van der Waals surface area contributed by atoms with Gasteiger partial charge in [0.05, 0.1) is 12.2 Å². The first kappa shape index (κ1) is 19.8. The molecule has 1 aliphatic heterocycles. The first-order chi connectivity index (χ1) is 16.1. The monoisotopic (exact) mass is 439 g/mol.